The maximum atomic E-state index is 15.5. The van der Waals surface area contributed by atoms with E-state index in [2.05, 4.69) is 0 Å². The zero-order valence-corrected chi connectivity index (χ0v) is 21.6. The smallest absolute Gasteiger partial charge is 0.310 e. The van der Waals surface area contributed by atoms with Gasteiger partial charge in [0.15, 0.2) is 5.82 Å². The molecule has 4 nitrogen and oxygen atoms in total. The van der Waals surface area contributed by atoms with Gasteiger partial charge in [0, 0.05) is 25.2 Å². The molecule has 42 heavy (non-hydrogen) atoms. The van der Waals surface area contributed by atoms with Crippen LogP contribution in [0.15, 0.2) is 60.7 Å². The lowest BCUT2D eigenvalue weighted by Crippen LogP contribution is -2.50. The van der Waals surface area contributed by atoms with Crippen LogP contribution in [0, 0.1) is 12.7 Å². The first-order valence-corrected chi connectivity index (χ1v) is 11.6. The summed E-state index contributed by atoms with van der Waals surface area (Å²) >= 11 is 0. The van der Waals surface area contributed by atoms with E-state index in [4.69, 9.17) is 0 Å². The third-order valence-electron chi connectivity index (χ3n) is 6.32. The summed E-state index contributed by atoms with van der Waals surface area (Å²) in [5.41, 5.74) is -14.3. The SMILES string of the molecule is Cc1cc(C(F)(C(F)(F)F)C(F)(F)F)cc(C(F)(F)F)c1N(C)C(=O)c1cccc(N(C)C(=O)c2ccccc2)c1F. The molecule has 0 bridgehead atoms. The average Bonchev–Trinajstić information content (AvgIpc) is 2.89. The van der Waals surface area contributed by atoms with Gasteiger partial charge in [0.2, 0.25) is 0 Å². The molecule has 0 unspecified atom stereocenters. The number of hydrogen-bond acceptors (Lipinski definition) is 2. The predicted octanol–water partition coefficient (Wildman–Crippen LogP) is 8.00. The highest BCUT2D eigenvalue weighted by Crippen LogP contribution is 2.55. The van der Waals surface area contributed by atoms with Crippen LogP contribution in [0.2, 0.25) is 0 Å². The van der Waals surface area contributed by atoms with Gasteiger partial charge < -0.3 is 9.80 Å². The average molecular weight is 612 g/mol. The van der Waals surface area contributed by atoms with E-state index >= 15 is 4.39 Å². The van der Waals surface area contributed by atoms with Gasteiger partial charge in [-0.25, -0.2) is 8.78 Å². The van der Waals surface area contributed by atoms with Crippen LogP contribution in [0.1, 0.15) is 37.4 Å². The Morgan fingerprint density at radius 1 is 0.690 bits per heavy atom. The minimum Gasteiger partial charge on any atom is -0.310 e. The number of benzene rings is 3. The van der Waals surface area contributed by atoms with Crippen LogP contribution < -0.4 is 9.80 Å². The molecule has 0 atom stereocenters. The lowest BCUT2D eigenvalue weighted by molar-refractivity contribution is -0.348. The standard InChI is InChI=1S/C27H19F11N2O2/c1-14-12-16(24(29,26(33,34)35)27(36,37)38)13-18(25(30,31)32)21(14)40(3)23(42)17-10-7-11-19(20(17)28)39(2)22(41)15-8-5-4-6-9-15/h4-13H,1-3H3. The fourth-order valence-electron chi connectivity index (χ4n) is 4.24. The summed E-state index contributed by atoms with van der Waals surface area (Å²) in [4.78, 5) is 26.9. The van der Waals surface area contributed by atoms with Gasteiger partial charge in [0.25, 0.3) is 11.8 Å². The van der Waals surface area contributed by atoms with E-state index in [0.717, 1.165) is 30.1 Å². The van der Waals surface area contributed by atoms with Crippen LogP contribution in [-0.2, 0) is 11.8 Å². The summed E-state index contributed by atoms with van der Waals surface area (Å²) in [6, 6.07) is 9.69. The summed E-state index contributed by atoms with van der Waals surface area (Å²) in [6.07, 6.45) is -19.1. The van der Waals surface area contributed by atoms with Crippen molar-refractivity contribution in [2.75, 3.05) is 23.9 Å². The number of aryl methyl sites for hydroxylation is 1. The van der Waals surface area contributed by atoms with Crippen molar-refractivity contribution < 1.29 is 57.9 Å². The van der Waals surface area contributed by atoms with Gasteiger partial charge in [-0.1, -0.05) is 30.3 Å². The second kappa shape index (κ2) is 10.9. The molecule has 0 aliphatic carbocycles. The van der Waals surface area contributed by atoms with E-state index in [1.54, 1.807) is 6.07 Å². The summed E-state index contributed by atoms with van der Waals surface area (Å²) in [5, 5.41) is 0. The van der Waals surface area contributed by atoms with E-state index in [1.807, 2.05) is 0 Å². The Bertz CT molecular complexity index is 1480. The quantitative estimate of drug-likeness (QED) is 0.274. The van der Waals surface area contributed by atoms with Crippen LogP contribution in [-0.4, -0.2) is 38.3 Å². The van der Waals surface area contributed by atoms with Gasteiger partial charge in [0.1, 0.15) is 0 Å². The Kier molecular flexibility index (Phi) is 8.40. The largest absolute Gasteiger partial charge is 0.435 e. The Morgan fingerprint density at radius 2 is 1.24 bits per heavy atom. The van der Waals surface area contributed by atoms with Gasteiger partial charge in [0.05, 0.1) is 22.5 Å². The molecule has 0 saturated heterocycles. The van der Waals surface area contributed by atoms with Gasteiger partial charge in [-0.2, -0.15) is 39.5 Å². The van der Waals surface area contributed by atoms with Crippen LogP contribution in [0.25, 0.3) is 0 Å². The molecule has 0 aliphatic heterocycles. The number of alkyl halides is 10. The van der Waals surface area contributed by atoms with Crippen molar-refractivity contribution in [1.82, 2.24) is 0 Å². The molecule has 0 heterocycles. The summed E-state index contributed by atoms with van der Waals surface area (Å²) in [5.74, 6) is -3.59. The highest BCUT2D eigenvalue weighted by atomic mass is 19.4. The van der Waals surface area contributed by atoms with Gasteiger partial charge in [-0.3, -0.25) is 9.59 Å². The Labute approximate surface area is 230 Å². The molecule has 0 radical (unpaired) electrons. The molecule has 0 aromatic heterocycles. The number of carbonyl (C=O) groups is 2. The first-order chi connectivity index (χ1) is 19.1. The first kappa shape index (κ1) is 32.3. The second-order valence-corrected chi connectivity index (χ2v) is 9.07. The number of carbonyl (C=O) groups excluding carboxylic acids is 2. The molecule has 3 rings (SSSR count). The number of amides is 2. The van der Waals surface area contributed by atoms with Crippen LogP contribution >= 0.6 is 0 Å². The van der Waals surface area contributed by atoms with Crippen LogP contribution in [0.3, 0.4) is 0 Å². The minimum atomic E-state index is -6.70. The van der Waals surface area contributed by atoms with Crippen molar-refractivity contribution in [3.8, 4) is 0 Å². The fraction of sp³-hybridized carbons (Fsp3) is 0.259. The normalized spacial score (nSPS) is 12.7. The maximum Gasteiger partial charge on any atom is 0.435 e. The molecule has 0 fully saturated rings. The highest BCUT2D eigenvalue weighted by Gasteiger charge is 2.73. The summed E-state index contributed by atoms with van der Waals surface area (Å²) in [6.45, 7) is 0.629. The molecule has 3 aromatic rings. The third-order valence-corrected chi connectivity index (χ3v) is 6.32. The van der Waals surface area contributed by atoms with E-state index in [9.17, 15) is 53.5 Å². The number of halogens is 11. The molecule has 0 saturated carbocycles. The lowest BCUT2D eigenvalue weighted by atomic mass is 9.89. The number of nitrogens with zero attached hydrogens (tertiary/aromatic N) is 2. The summed E-state index contributed by atoms with van der Waals surface area (Å²) in [7, 11) is 1.82. The summed E-state index contributed by atoms with van der Waals surface area (Å²) < 4.78 is 152. The molecule has 226 valence electrons. The van der Waals surface area contributed by atoms with Gasteiger partial charge in [-0.15, -0.1) is 0 Å². The van der Waals surface area contributed by atoms with Crippen molar-refractivity contribution in [3.63, 3.8) is 0 Å². The molecule has 0 spiro atoms. The molecule has 2 amide bonds. The minimum absolute atomic E-state index is 0.117. The molecular formula is C27H19F11N2O2. The Balaban J connectivity index is 2.15. The van der Waals surface area contributed by atoms with E-state index in [-0.39, 0.29) is 16.5 Å². The van der Waals surface area contributed by atoms with Crippen LogP contribution in [0.4, 0.5) is 59.7 Å². The first-order valence-electron chi connectivity index (χ1n) is 11.6. The van der Waals surface area contributed by atoms with E-state index < -0.39 is 81.5 Å². The molecule has 15 heteroatoms. The zero-order valence-electron chi connectivity index (χ0n) is 21.6. The molecule has 0 N–H and O–H groups in total. The monoisotopic (exact) mass is 612 g/mol. The van der Waals surface area contributed by atoms with Gasteiger partial charge in [-0.05, 0) is 42.8 Å². The van der Waals surface area contributed by atoms with Crippen molar-refractivity contribution in [1.29, 1.82) is 0 Å². The third kappa shape index (κ3) is 5.63. The van der Waals surface area contributed by atoms with Crippen molar-refractivity contribution >= 4 is 23.2 Å². The van der Waals surface area contributed by atoms with Crippen molar-refractivity contribution in [2.45, 2.75) is 31.1 Å². The highest BCUT2D eigenvalue weighted by molar-refractivity contribution is 6.09. The number of anilines is 2. The Morgan fingerprint density at radius 3 is 1.74 bits per heavy atom. The molecule has 0 aliphatic rings. The zero-order chi connectivity index (χ0) is 32.0. The van der Waals surface area contributed by atoms with E-state index in [1.165, 1.54) is 24.3 Å². The van der Waals surface area contributed by atoms with Crippen LogP contribution in [0.5, 0.6) is 0 Å². The number of rotatable bonds is 5. The second-order valence-electron chi connectivity index (χ2n) is 9.07. The Hall–Kier alpha value is -4.17. The van der Waals surface area contributed by atoms with Crippen molar-refractivity contribution in [2.24, 2.45) is 0 Å². The topological polar surface area (TPSA) is 40.6 Å². The molecular weight excluding hydrogens is 593 g/mol. The number of hydrogen-bond donors (Lipinski definition) is 0. The molecule has 3 aromatic carbocycles. The predicted molar refractivity (Wildman–Crippen MR) is 129 cm³/mol. The lowest BCUT2D eigenvalue weighted by Gasteiger charge is -2.32. The fourth-order valence-corrected chi connectivity index (χ4v) is 4.24. The van der Waals surface area contributed by atoms with Crippen molar-refractivity contribution in [3.05, 3.63) is 94.3 Å². The van der Waals surface area contributed by atoms with E-state index in [0.29, 0.717) is 14.0 Å². The van der Waals surface area contributed by atoms with Gasteiger partial charge >= 0.3 is 24.2 Å². The maximum absolute atomic E-state index is 15.5.